The summed E-state index contributed by atoms with van der Waals surface area (Å²) in [5.74, 6) is -2.13. The molecule has 0 bridgehead atoms. The molecule has 0 atom stereocenters. The number of allylic oxidation sites excluding steroid dienone is 1. The number of nitrogens with zero attached hydrogens (tertiary/aromatic N) is 2. The molecule has 7 nitrogen and oxygen atoms in total. The Labute approximate surface area is 261 Å². The second kappa shape index (κ2) is 13.6. The molecule has 10 heteroatoms. The summed E-state index contributed by atoms with van der Waals surface area (Å²) in [5.41, 5.74) is 2.58. The summed E-state index contributed by atoms with van der Waals surface area (Å²) in [6.07, 6.45) is -0.164. The first-order chi connectivity index (χ1) is 19.4. The van der Waals surface area contributed by atoms with Gasteiger partial charge in [0.1, 0.15) is 23.4 Å². The zero-order valence-electron chi connectivity index (χ0n) is 22.3. The first-order valence-electron chi connectivity index (χ1n) is 12.2. The van der Waals surface area contributed by atoms with E-state index in [0.29, 0.717) is 29.0 Å². The predicted octanol–water partition coefficient (Wildman–Crippen LogP) is 2.05. The molecule has 0 unspecified atom stereocenters. The van der Waals surface area contributed by atoms with E-state index in [1.807, 2.05) is 30.3 Å². The molecule has 0 amide bonds. The van der Waals surface area contributed by atoms with E-state index in [-0.39, 0.29) is 64.0 Å². The molecule has 41 heavy (non-hydrogen) atoms. The summed E-state index contributed by atoms with van der Waals surface area (Å²) < 4.78 is 33.6. The van der Waals surface area contributed by atoms with Crippen LogP contribution in [0.4, 0.5) is 4.39 Å². The summed E-state index contributed by atoms with van der Waals surface area (Å²) in [4.78, 5) is 26.4. The summed E-state index contributed by atoms with van der Waals surface area (Å²) in [6, 6.07) is 25.0. The molecule has 4 aromatic carbocycles. The molecule has 200 valence electrons. The molecular weight excluding hydrogens is 554 g/mol. The Bertz CT molecular complexity index is 1720. The minimum Gasteiger partial charge on any atom is -0.545 e. The monoisotopic (exact) mass is 576 g/mol. The van der Waals surface area contributed by atoms with E-state index in [2.05, 4.69) is 8.75 Å². The fourth-order valence-electron chi connectivity index (χ4n) is 4.28. The zero-order chi connectivity index (χ0) is 28.1. The number of carbonyl (C=O) groups is 2. The van der Waals surface area contributed by atoms with Crippen LogP contribution in [0, 0.1) is 5.82 Å². The fourth-order valence-corrected chi connectivity index (χ4v) is 4.79. The number of rotatable bonds is 10. The van der Waals surface area contributed by atoms with Gasteiger partial charge in [0, 0.05) is 23.1 Å². The molecule has 0 aliphatic carbocycles. The number of benzene rings is 4. The molecule has 0 fully saturated rings. The topological polar surface area (TPSA) is 101 Å². The molecule has 0 spiro atoms. The average molecular weight is 577 g/mol. The maximum absolute atomic E-state index is 14.5. The number of fused-ring (bicyclic) bond motifs is 1. The van der Waals surface area contributed by atoms with Gasteiger partial charge in [-0.25, -0.2) is 4.39 Å². The first-order valence-corrected chi connectivity index (χ1v) is 13.0. The normalized spacial score (nSPS) is 11.4. The smallest absolute Gasteiger partial charge is 0.545 e. The van der Waals surface area contributed by atoms with Crippen molar-refractivity contribution in [3.63, 3.8) is 0 Å². The molecule has 5 aromatic rings. The molecule has 1 heterocycles. The van der Waals surface area contributed by atoms with Crippen molar-refractivity contribution in [2.75, 3.05) is 7.11 Å². The Hall–Kier alpha value is -3.89. The van der Waals surface area contributed by atoms with Gasteiger partial charge in [0.15, 0.2) is 17.3 Å². The zero-order valence-corrected chi connectivity index (χ0v) is 25.1. The summed E-state index contributed by atoms with van der Waals surface area (Å²) in [7, 11) is 1.35. The van der Waals surface area contributed by atoms with Crippen molar-refractivity contribution in [2.45, 2.75) is 13.0 Å². The van der Waals surface area contributed by atoms with E-state index in [4.69, 9.17) is 9.47 Å². The second-order valence-corrected chi connectivity index (χ2v) is 9.41. The number of methoxy groups -OCH3 is 1. The standard InChI is InChI=1S/C31H23FN2O5S.Na/c1-38-28-14-7-20(16-25(28)32)15-24(29(31(36)37)22-10-13-26-27(17-22)34-40-33-26)30(35)21-8-11-23(12-9-21)39-18-19-5-3-2-4-6-19;/h2-14,16-17H,15,18H2,1H3,(H,36,37);/q;+1/p-1/b29-24+;. The third-order valence-corrected chi connectivity index (χ3v) is 6.84. The van der Waals surface area contributed by atoms with E-state index < -0.39 is 17.6 Å². The molecule has 0 saturated heterocycles. The van der Waals surface area contributed by atoms with Crippen LogP contribution in [0.25, 0.3) is 16.6 Å². The average Bonchev–Trinajstić information content (AvgIpc) is 3.44. The van der Waals surface area contributed by atoms with Gasteiger partial charge >= 0.3 is 29.6 Å². The van der Waals surface area contributed by atoms with Crippen LogP contribution in [0.2, 0.25) is 0 Å². The van der Waals surface area contributed by atoms with Gasteiger partial charge in [0.2, 0.25) is 0 Å². The number of hydrogen-bond donors (Lipinski definition) is 0. The van der Waals surface area contributed by atoms with Gasteiger partial charge in [-0.15, -0.1) is 0 Å². The van der Waals surface area contributed by atoms with Crippen molar-refractivity contribution in [2.24, 2.45) is 0 Å². The number of halogens is 1. The Morgan fingerprint density at radius 2 is 1.56 bits per heavy atom. The third kappa shape index (κ3) is 7.07. The number of aliphatic carboxylic acids is 1. The van der Waals surface area contributed by atoms with Crippen molar-refractivity contribution in [1.82, 2.24) is 8.75 Å². The van der Waals surface area contributed by atoms with Gasteiger partial charge < -0.3 is 19.4 Å². The SMILES string of the molecule is COc1ccc(C/C(C(=O)c2ccc(OCc3ccccc3)cc2)=C(\C(=O)[O-])c2ccc3nsnc3c2)cc1F.[Na+]. The maximum Gasteiger partial charge on any atom is 1.00 e. The Morgan fingerprint density at radius 3 is 2.24 bits per heavy atom. The number of carboxylic acids is 1. The van der Waals surface area contributed by atoms with Crippen molar-refractivity contribution in [3.8, 4) is 11.5 Å². The number of aromatic nitrogens is 2. The summed E-state index contributed by atoms with van der Waals surface area (Å²) in [5, 5.41) is 12.5. The van der Waals surface area contributed by atoms with E-state index in [1.165, 1.54) is 19.2 Å². The molecule has 0 aliphatic rings. The number of ether oxygens (including phenoxy) is 2. The van der Waals surface area contributed by atoms with Crippen LogP contribution < -0.4 is 44.1 Å². The molecule has 0 aliphatic heterocycles. The van der Waals surface area contributed by atoms with E-state index in [0.717, 1.165) is 17.3 Å². The van der Waals surface area contributed by atoms with Crippen molar-refractivity contribution < 1.29 is 58.1 Å². The Balaban J connectivity index is 0.00000387. The molecule has 5 rings (SSSR count). The molecular formula is C31H22FN2NaO5S. The molecule has 0 saturated carbocycles. The van der Waals surface area contributed by atoms with Crippen molar-refractivity contribution in [3.05, 3.63) is 125 Å². The van der Waals surface area contributed by atoms with Gasteiger partial charge in [0.25, 0.3) is 0 Å². The van der Waals surface area contributed by atoms with E-state index >= 15 is 0 Å². The molecule has 0 N–H and O–H groups in total. The van der Waals surface area contributed by atoms with Crippen molar-refractivity contribution >= 4 is 40.1 Å². The summed E-state index contributed by atoms with van der Waals surface area (Å²) in [6.45, 7) is 0.352. The van der Waals surface area contributed by atoms with E-state index in [1.54, 1.807) is 48.5 Å². The van der Waals surface area contributed by atoms with Crippen LogP contribution in [0.3, 0.4) is 0 Å². The van der Waals surface area contributed by atoms with Gasteiger partial charge in [-0.3, -0.25) is 4.79 Å². The van der Waals surface area contributed by atoms with Gasteiger partial charge in [0.05, 0.1) is 24.8 Å². The minimum atomic E-state index is -1.54. The van der Waals surface area contributed by atoms with Gasteiger partial charge in [-0.05, 0) is 65.2 Å². The van der Waals surface area contributed by atoms with Crippen LogP contribution in [-0.4, -0.2) is 27.6 Å². The number of carboxylic acid groups (broad SMARTS) is 1. The molecule has 1 aromatic heterocycles. The van der Waals surface area contributed by atoms with Crippen LogP contribution >= 0.6 is 11.7 Å². The van der Waals surface area contributed by atoms with Gasteiger partial charge in [-0.2, -0.15) is 8.75 Å². The number of Topliss-reactive ketones (excluding diaryl/α,β-unsaturated/α-hetero) is 1. The predicted molar refractivity (Wildman–Crippen MR) is 148 cm³/mol. The first kappa shape index (κ1) is 30.1. The minimum absolute atomic E-state index is 0. The van der Waals surface area contributed by atoms with Crippen LogP contribution in [0.1, 0.15) is 27.0 Å². The van der Waals surface area contributed by atoms with Crippen LogP contribution in [-0.2, 0) is 17.8 Å². The van der Waals surface area contributed by atoms with Crippen LogP contribution in [0.15, 0.2) is 96.6 Å². The fraction of sp³-hybridized carbons (Fsp3) is 0.0968. The quantitative estimate of drug-likeness (QED) is 0.143. The Morgan fingerprint density at radius 1 is 0.854 bits per heavy atom. The number of ketones is 1. The van der Waals surface area contributed by atoms with Crippen LogP contribution in [0.5, 0.6) is 11.5 Å². The summed E-state index contributed by atoms with van der Waals surface area (Å²) >= 11 is 0.993. The van der Waals surface area contributed by atoms with Gasteiger partial charge in [-0.1, -0.05) is 42.5 Å². The maximum atomic E-state index is 14.5. The molecule has 0 radical (unpaired) electrons. The largest absolute Gasteiger partial charge is 1.00 e. The number of carbonyl (C=O) groups excluding carboxylic acids is 2. The van der Waals surface area contributed by atoms with Crippen molar-refractivity contribution in [1.29, 1.82) is 0 Å². The van der Waals surface area contributed by atoms with E-state index in [9.17, 15) is 19.1 Å². The second-order valence-electron chi connectivity index (χ2n) is 8.88. The number of hydrogen-bond acceptors (Lipinski definition) is 8. The third-order valence-electron chi connectivity index (χ3n) is 6.28. The Kier molecular flexibility index (Phi) is 10.0.